The number of unbranched alkanes of at least 4 members (excludes halogenated alkanes) is 1. The molecule has 1 heterocycles. The van der Waals surface area contributed by atoms with Crippen molar-refractivity contribution in [3.63, 3.8) is 0 Å². The van der Waals surface area contributed by atoms with Gasteiger partial charge in [-0.3, -0.25) is 0 Å². The van der Waals surface area contributed by atoms with Crippen molar-refractivity contribution in [2.45, 2.75) is 38.8 Å². The van der Waals surface area contributed by atoms with E-state index in [9.17, 15) is 13.7 Å². The second-order valence-corrected chi connectivity index (χ2v) is 10.9. The molecule has 166 valence electrons. The molecule has 1 fully saturated rings. The third kappa shape index (κ3) is 5.85. The van der Waals surface area contributed by atoms with Crippen LogP contribution in [0.2, 0.25) is 15.1 Å². The summed E-state index contributed by atoms with van der Waals surface area (Å²) in [5.41, 5.74) is 2.03. The van der Waals surface area contributed by atoms with Crippen molar-refractivity contribution in [2.75, 3.05) is 23.7 Å². The zero-order chi connectivity index (χ0) is 22.6. The van der Waals surface area contributed by atoms with Gasteiger partial charge in [0.25, 0.3) is 0 Å². The van der Waals surface area contributed by atoms with Gasteiger partial charge in [0.1, 0.15) is 6.07 Å². The molecule has 0 aromatic heterocycles. The average Bonchev–Trinajstić information content (AvgIpc) is 3.24. The zero-order valence-corrected chi connectivity index (χ0v) is 20.3. The van der Waals surface area contributed by atoms with Gasteiger partial charge in [0.2, 0.25) is 10.0 Å². The summed E-state index contributed by atoms with van der Waals surface area (Å²) < 4.78 is 27.0. The van der Waals surface area contributed by atoms with Crippen molar-refractivity contribution in [1.82, 2.24) is 4.31 Å². The van der Waals surface area contributed by atoms with Gasteiger partial charge in [-0.1, -0.05) is 48.1 Å². The lowest BCUT2D eigenvalue weighted by atomic mass is 10.1. The van der Waals surface area contributed by atoms with Gasteiger partial charge in [-0.05, 0) is 54.8 Å². The van der Waals surface area contributed by atoms with E-state index in [0.717, 1.165) is 17.7 Å². The minimum absolute atomic E-state index is 0.0598. The average molecular weight is 501 g/mol. The Balaban J connectivity index is 1.92. The number of nitriles is 1. The Morgan fingerprint density at radius 1 is 1.16 bits per heavy atom. The van der Waals surface area contributed by atoms with E-state index in [-0.39, 0.29) is 11.8 Å². The van der Waals surface area contributed by atoms with Crippen LogP contribution in [0.5, 0.6) is 0 Å². The molecule has 1 atom stereocenters. The van der Waals surface area contributed by atoms with Crippen molar-refractivity contribution in [1.29, 1.82) is 5.26 Å². The molecule has 5 nitrogen and oxygen atoms in total. The minimum atomic E-state index is -3.29. The summed E-state index contributed by atoms with van der Waals surface area (Å²) in [6.07, 6.45) is 2.16. The molecule has 9 heteroatoms. The van der Waals surface area contributed by atoms with E-state index in [1.165, 1.54) is 0 Å². The second kappa shape index (κ2) is 10.4. The lowest BCUT2D eigenvalue weighted by molar-refractivity contribution is 0.466. The van der Waals surface area contributed by atoms with E-state index in [0.29, 0.717) is 53.1 Å². The molecule has 0 spiro atoms. The fraction of sp³-hybridized carbons (Fsp3) is 0.409. The van der Waals surface area contributed by atoms with Crippen LogP contribution in [-0.2, 0) is 16.6 Å². The second-order valence-electron chi connectivity index (χ2n) is 7.61. The maximum absolute atomic E-state index is 12.7. The highest BCUT2D eigenvalue weighted by molar-refractivity contribution is 7.89. The van der Waals surface area contributed by atoms with Crippen LogP contribution >= 0.6 is 34.8 Å². The highest BCUT2D eigenvalue weighted by atomic mass is 35.5. The van der Waals surface area contributed by atoms with Crippen molar-refractivity contribution < 1.29 is 8.42 Å². The Morgan fingerprint density at radius 3 is 2.61 bits per heavy atom. The standard InChI is InChI=1S/C22H24Cl3N3O2S/c1-2-3-10-31(29,30)27-9-8-20(15-27)28(14-17-11-18(23)5-7-21(17)24)19-6-4-16(13-26)22(25)12-19/h4-7,11-12,20H,2-3,8-10,14-15H2,1H3/t20-/m0/s1. The number of anilines is 1. The summed E-state index contributed by atoms with van der Waals surface area (Å²) in [5.74, 6) is 0.166. The largest absolute Gasteiger partial charge is 0.363 e. The van der Waals surface area contributed by atoms with Gasteiger partial charge in [-0.25, -0.2) is 8.42 Å². The normalized spacial score (nSPS) is 16.9. The van der Waals surface area contributed by atoms with Gasteiger partial charge < -0.3 is 4.90 Å². The van der Waals surface area contributed by atoms with E-state index >= 15 is 0 Å². The lowest BCUT2D eigenvalue weighted by Crippen LogP contribution is -2.39. The fourth-order valence-electron chi connectivity index (χ4n) is 3.73. The summed E-state index contributed by atoms with van der Waals surface area (Å²) in [7, 11) is -3.29. The predicted molar refractivity (Wildman–Crippen MR) is 127 cm³/mol. The van der Waals surface area contributed by atoms with Crippen molar-refractivity contribution >= 4 is 50.5 Å². The van der Waals surface area contributed by atoms with E-state index in [2.05, 4.69) is 11.0 Å². The van der Waals surface area contributed by atoms with Gasteiger partial charge in [0.15, 0.2) is 0 Å². The Hall–Kier alpha value is -1.49. The van der Waals surface area contributed by atoms with Gasteiger partial charge in [0.05, 0.1) is 16.3 Å². The van der Waals surface area contributed by atoms with Crippen molar-refractivity contribution in [2.24, 2.45) is 0 Å². The Kier molecular flexibility index (Phi) is 8.12. The van der Waals surface area contributed by atoms with Crippen LogP contribution in [0.15, 0.2) is 36.4 Å². The molecule has 0 N–H and O–H groups in total. The minimum Gasteiger partial charge on any atom is -0.363 e. The third-order valence-corrected chi connectivity index (χ3v) is 8.31. The maximum Gasteiger partial charge on any atom is 0.214 e. The van der Waals surface area contributed by atoms with Crippen LogP contribution < -0.4 is 4.90 Å². The molecule has 1 saturated heterocycles. The summed E-state index contributed by atoms with van der Waals surface area (Å²) in [5, 5.41) is 10.7. The van der Waals surface area contributed by atoms with Crippen LogP contribution in [0.4, 0.5) is 5.69 Å². The van der Waals surface area contributed by atoms with Crippen LogP contribution in [0.1, 0.15) is 37.3 Å². The molecular formula is C22H24Cl3N3O2S. The van der Waals surface area contributed by atoms with E-state index in [4.69, 9.17) is 34.8 Å². The molecule has 1 aliphatic heterocycles. The summed E-state index contributed by atoms with van der Waals surface area (Å²) in [6.45, 7) is 3.28. The molecular weight excluding hydrogens is 477 g/mol. The Labute approximate surface area is 199 Å². The molecule has 0 aliphatic carbocycles. The van der Waals surface area contributed by atoms with E-state index < -0.39 is 10.0 Å². The van der Waals surface area contributed by atoms with Crippen LogP contribution in [0.3, 0.4) is 0 Å². The first-order valence-corrected chi connectivity index (χ1v) is 12.9. The highest BCUT2D eigenvalue weighted by Gasteiger charge is 2.34. The maximum atomic E-state index is 12.7. The molecule has 1 aliphatic rings. The summed E-state index contributed by atoms with van der Waals surface area (Å²) >= 11 is 18.9. The molecule has 2 aromatic rings. The molecule has 0 amide bonds. The molecule has 0 radical (unpaired) electrons. The first-order chi connectivity index (χ1) is 14.7. The fourth-order valence-corrected chi connectivity index (χ4v) is 6.01. The highest BCUT2D eigenvalue weighted by Crippen LogP contribution is 2.32. The molecule has 3 rings (SSSR count). The molecule has 0 saturated carbocycles. The topological polar surface area (TPSA) is 64.4 Å². The quantitative estimate of drug-likeness (QED) is 0.464. The van der Waals surface area contributed by atoms with Crippen molar-refractivity contribution in [3.8, 4) is 6.07 Å². The molecule has 2 aromatic carbocycles. The lowest BCUT2D eigenvalue weighted by Gasteiger charge is -2.32. The number of nitrogens with zero attached hydrogens (tertiary/aromatic N) is 3. The number of sulfonamides is 1. The smallest absolute Gasteiger partial charge is 0.214 e. The van der Waals surface area contributed by atoms with Gasteiger partial charge in [0, 0.05) is 41.4 Å². The van der Waals surface area contributed by atoms with E-state index in [1.54, 1.807) is 28.6 Å². The van der Waals surface area contributed by atoms with Crippen LogP contribution in [0.25, 0.3) is 0 Å². The summed E-state index contributed by atoms with van der Waals surface area (Å²) in [6, 6.07) is 12.5. The summed E-state index contributed by atoms with van der Waals surface area (Å²) in [4.78, 5) is 2.10. The molecule has 0 bridgehead atoms. The first-order valence-electron chi connectivity index (χ1n) is 10.1. The number of hydrogen-bond acceptors (Lipinski definition) is 4. The first kappa shape index (κ1) is 24.2. The van der Waals surface area contributed by atoms with Crippen LogP contribution in [-0.4, -0.2) is 37.6 Å². The van der Waals surface area contributed by atoms with Gasteiger partial charge in [-0.2, -0.15) is 9.57 Å². The predicted octanol–water partition coefficient (Wildman–Crippen LogP) is 5.73. The number of halogens is 3. The Morgan fingerprint density at radius 2 is 1.94 bits per heavy atom. The Bertz CT molecular complexity index is 1090. The number of benzene rings is 2. The zero-order valence-electron chi connectivity index (χ0n) is 17.2. The third-order valence-electron chi connectivity index (χ3n) is 5.47. The van der Waals surface area contributed by atoms with Crippen LogP contribution in [0, 0.1) is 11.3 Å². The van der Waals surface area contributed by atoms with Gasteiger partial charge >= 0.3 is 0 Å². The van der Waals surface area contributed by atoms with Gasteiger partial charge in [-0.15, -0.1) is 0 Å². The molecule has 31 heavy (non-hydrogen) atoms. The number of hydrogen-bond donors (Lipinski definition) is 0. The van der Waals surface area contributed by atoms with Crippen molar-refractivity contribution in [3.05, 3.63) is 62.6 Å². The molecule has 0 unspecified atom stereocenters. The number of rotatable bonds is 8. The monoisotopic (exact) mass is 499 g/mol. The van der Waals surface area contributed by atoms with E-state index in [1.807, 2.05) is 19.1 Å². The SMILES string of the molecule is CCCCS(=O)(=O)N1CC[C@H](N(Cc2cc(Cl)ccc2Cl)c2ccc(C#N)c(Cl)c2)C1.